The summed E-state index contributed by atoms with van der Waals surface area (Å²) in [5.74, 6) is 6.78. The van der Waals surface area contributed by atoms with Crippen molar-refractivity contribution in [3.63, 3.8) is 0 Å². The lowest BCUT2D eigenvalue weighted by Gasteiger charge is -2.40. The number of hydrogen-bond acceptors (Lipinski definition) is 8. The highest BCUT2D eigenvalue weighted by atomic mass is 16.5. The molecule has 2 spiro atoms. The van der Waals surface area contributed by atoms with Crippen molar-refractivity contribution >= 4 is 0 Å². The molecule has 4 heterocycles. The summed E-state index contributed by atoms with van der Waals surface area (Å²) in [5.41, 5.74) is 26.4. The van der Waals surface area contributed by atoms with Crippen molar-refractivity contribution in [3.05, 3.63) is 408 Å². The van der Waals surface area contributed by atoms with Gasteiger partial charge in [-0.05, 0) is 150 Å². The van der Waals surface area contributed by atoms with Crippen LogP contribution in [0.15, 0.2) is 364 Å². The van der Waals surface area contributed by atoms with E-state index in [2.05, 4.69) is 309 Å². The molecule has 4 aliphatic rings. The Bertz CT molecular complexity index is 6320. The molecule has 0 radical (unpaired) electrons. The van der Waals surface area contributed by atoms with Crippen LogP contribution in [0.5, 0.6) is 23.0 Å². The zero-order chi connectivity index (χ0) is 69.9. The molecule has 8 nitrogen and oxygen atoms in total. The molecule has 0 bridgehead atoms. The van der Waals surface area contributed by atoms with Crippen LogP contribution in [0, 0.1) is 0 Å². The molecule has 2 aromatic heterocycles. The van der Waals surface area contributed by atoms with Gasteiger partial charge in [0.15, 0.2) is 34.9 Å². The number of rotatable bonds is 10. The Kier molecular flexibility index (Phi) is 13.9. The summed E-state index contributed by atoms with van der Waals surface area (Å²) >= 11 is 0. The van der Waals surface area contributed by atoms with E-state index in [1.54, 1.807) is 0 Å². The molecule has 0 fully saturated rings. The lowest BCUT2D eigenvalue weighted by molar-refractivity contribution is 0.436. The maximum Gasteiger partial charge on any atom is 0.164 e. The topological polar surface area (TPSA) is 95.8 Å². The van der Waals surface area contributed by atoms with Gasteiger partial charge in [-0.25, -0.2) is 29.9 Å². The van der Waals surface area contributed by atoms with Crippen molar-refractivity contribution in [3.8, 4) is 158 Å². The van der Waals surface area contributed by atoms with Crippen LogP contribution in [0.2, 0.25) is 0 Å². The van der Waals surface area contributed by atoms with Gasteiger partial charge in [0, 0.05) is 55.6 Å². The smallest absolute Gasteiger partial charge is 0.164 e. The van der Waals surface area contributed by atoms with E-state index in [1.165, 1.54) is 44.5 Å². The average molecular weight is 1350 g/mol. The molecule has 494 valence electrons. The first-order valence-corrected chi connectivity index (χ1v) is 35.9. The molecule has 0 unspecified atom stereocenters. The highest BCUT2D eigenvalue weighted by Gasteiger charge is 2.53. The van der Waals surface area contributed by atoms with Gasteiger partial charge in [0.1, 0.15) is 23.0 Å². The fourth-order valence-corrected chi connectivity index (χ4v) is 17.0. The standard InChI is InChI=1S/C98H60N6O2/c1-4-23-61(24-5-1)62-45-47-65(48-46-62)93-99-91(63-25-6-2-7-26-63)100-94(103-93)72-32-20-30-67(55-72)70-50-53-89-85(59-70)98(81-41-16-12-37-77(81)78-38-13-17-42-82(78)98)86-60-71(51-54-90(86)106-89)68-31-22-34-74(57-68)96-102-92(64-27-8-3-9-28-64)101-95(104-96)73-33-21-29-66(56-73)69-49-52-88-84(58-69)97(83-43-18-19-44-87(83)105-88)79-39-14-10-35-75(79)76-36-11-15-40-80(76)97/h1-60H. The molecule has 0 amide bonds. The van der Waals surface area contributed by atoms with Crippen molar-refractivity contribution in [2.75, 3.05) is 0 Å². The summed E-state index contributed by atoms with van der Waals surface area (Å²) < 4.78 is 14.0. The summed E-state index contributed by atoms with van der Waals surface area (Å²) in [4.78, 5) is 31.5. The Morgan fingerprint density at radius 3 is 0.745 bits per heavy atom. The van der Waals surface area contributed by atoms with Gasteiger partial charge in [-0.2, -0.15) is 0 Å². The third kappa shape index (κ3) is 9.62. The van der Waals surface area contributed by atoms with Crippen molar-refractivity contribution in [1.82, 2.24) is 29.9 Å². The minimum Gasteiger partial charge on any atom is -0.457 e. The van der Waals surface area contributed by atoms with Gasteiger partial charge in [-0.3, -0.25) is 0 Å². The highest BCUT2D eigenvalue weighted by Crippen LogP contribution is 2.65. The molecule has 2 aliphatic heterocycles. The Balaban J connectivity index is 0.660. The van der Waals surface area contributed by atoms with Crippen LogP contribution in [-0.4, -0.2) is 29.9 Å². The number of benzene rings is 15. The van der Waals surface area contributed by atoms with Crippen molar-refractivity contribution in [1.29, 1.82) is 0 Å². The van der Waals surface area contributed by atoms with Gasteiger partial charge >= 0.3 is 0 Å². The van der Waals surface area contributed by atoms with E-state index in [4.69, 9.17) is 39.4 Å². The van der Waals surface area contributed by atoms with E-state index in [1.807, 2.05) is 54.6 Å². The third-order valence-electron chi connectivity index (χ3n) is 21.7. The molecular formula is C98H60N6O2. The molecule has 0 saturated carbocycles. The molecular weight excluding hydrogens is 1290 g/mol. The van der Waals surface area contributed by atoms with E-state index in [0.717, 1.165) is 123 Å². The average Bonchev–Trinajstić information content (AvgIpc) is 1.49. The zero-order valence-electron chi connectivity index (χ0n) is 57.1. The molecule has 21 rings (SSSR count). The fraction of sp³-hybridized carbons (Fsp3) is 0.0204. The molecule has 0 saturated heterocycles. The molecule has 8 heteroatoms. The third-order valence-corrected chi connectivity index (χ3v) is 21.7. The Labute approximate surface area is 613 Å². The number of para-hydroxylation sites is 1. The number of hydrogen-bond donors (Lipinski definition) is 0. The maximum absolute atomic E-state index is 7.18. The van der Waals surface area contributed by atoms with Gasteiger partial charge in [-0.15, -0.1) is 0 Å². The SMILES string of the molecule is c1ccc(-c2ccc(-c3nc(-c4ccccc4)nc(-c4cccc(-c5ccc6c(c5)C5(c7cc(-c8cccc(-c9nc(-c%10ccccc%10)nc(-c%10cccc(-c%11ccc%12c(c%11)C%11(c%13ccccc%13O%12)c%12ccccc%12-c%12ccccc%12%11)c%10)n9)c8)ccc7O6)c6ccccc6-c6ccccc65)c4)n3)cc2)cc1. The number of aromatic nitrogens is 6. The lowest BCUT2D eigenvalue weighted by atomic mass is 9.65. The summed E-state index contributed by atoms with van der Waals surface area (Å²) in [6.45, 7) is 0. The summed E-state index contributed by atoms with van der Waals surface area (Å²) in [5, 5.41) is 0. The van der Waals surface area contributed by atoms with Crippen molar-refractivity contribution in [2.24, 2.45) is 0 Å². The van der Waals surface area contributed by atoms with Gasteiger partial charge < -0.3 is 9.47 Å². The molecule has 17 aromatic rings. The molecule has 15 aromatic carbocycles. The second-order valence-corrected chi connectivity index (χ2v) is 27.5. The van der Waals surface area contributed by atoms with Crippen LogP contribution in [0.4, 0.5) is 0 Å². The first-order chi connectivity index (χ1) is 52.5. The maximum atomic E-state index is 7.18. The fourth-order valence-electron chi connectivity index (χ4n) is 17.0. The quantitative estimate of drug-likeness (QED) is 0.134. The van der Waals surface area contributed by atoms with Crippen LogP contribution in [0.1, 0.15) is 44.5 Å². The van der Waals surface area contributed by atoms with Gasteiger partial charge in [0.2, 0.25) is 0 Å². The van der Waals surface area contributed by atoms with E-state index < -0.39 is 10.8 Å². The van der Waals surface area contributed by atoms with Crippen LogP contribution in [0.3, 0.4) is 0 Å². The first kappa shape index (κ1) is 60.7. The predicted octanol–water partition coefficient (Wildman–Crippen LogP) is 23.7. The number of nitrogens with zero attached hydrogens (tertiary/aromatic N) is 6. The largest absolute Gasteiger partial charge is 0.457 e. The second-order valence-electron chi connectivity index (χ2n) is 27.5. The normalized spacial score (nSPS) is 13.2. The highest BCUT2D eigenvalue weighted by molar-refractivity contribution is 5.92. The summed E-state index contributed by atoms with van der Waals surface area (Å²) in [6.07, 6.45) is 0. The Morgan fingerprint density at radius 2 is 0.377 bits per heavy atom. The van der Waals surface area contributed by atoms with E-state index in [9.17, 15) is 0 Å². The minimum absolute atomic E-state index is 0.560. The minimum atomic E-state index is -0.781. The van der Waals surface area contributed by atoms with Crippen LogP contribution < -0.4 is 9.47 Å². The Hall–Kier alpha value is -14.1. The van der Waals surface area contributed by atoms with Crippen molar-refractivity contribution in [2.45, 2.75) is 10.8 Å². The summed E-state index contributed by atoms with van der Waals surface area (Å²) in [7, 11) is 0. The molecule has 2 aliphatic carbocycles. The molecule has 106 heavy (non-hydrogen) atoms. The van der Waals surface area contributed by atoms with E-state index in [0.29, 0.717) is 34.9 Å². The number of ether oxygens (including phenoxy) is 2. The van der Waals surface area contributed by atoms with E-state index >= 15 is 0 Å². The zero-order valence-corrected chi connectivity index (χ0v) is 57.1. The number of fused-ring (bicyclic) bond motifs is 18. The van der Waals surface area contributed by atoms with Gasteiger partial charge in [-0.1, -0.05) is 303 Å². The van der Waals surface area contributed by atoms with E-state index in [-0.39, 0.29) is 0 Å². The van der Waals surface area contributed by atoms with Gasteiger partial charge in [0.05, 0.1) is 10.8 Å². The van der Waals surface area contributed by atoms with Crippen LogP contribution in [-0.2, 0) is 10.8 Å². The first-order valence-electron chi connectivity index (χ1n) is 35.9. The second kappa shape index (κ2) is 24.3. The Morgan fingerprint density at radius 1 is 0.151 bits per heavy atom. The molecule has 0 N–H and O–H groups in total. The van der Waals surface area contributed by atoms with Crippen LogP contribution >= 0.6 is 0 Å². The summed E-state index contributed by atoms with van der Waals surface area (Å²) in [6, 6.07) is 129. The van der Waals surface area contributed by atoms with Gasteiger partial charge in [0.25, 0.3) is 0 Å². The molecule has 0 atom stereocenters. The monoisotopic (exact) mass is 1350 g/mol. The van der Waals surface area contributed by atoms with Crippen LogP contribution in [0.25, 0.3) is 135 Å². The van der Waals surface area contributed by atoms with Crippen molar-refractivity contribution < 1.29 is 9.47 Å². The predicted molar refractivity (Wildman–Crippen MR) is 422 cm³/mol. The lowest BCUT2D eigenvalue weighted by Crippen LogP contribution is -2.32.